The Labute approximate surface area is 111 Å². The van der Waals surface area contributed by atoms with Crippen LogP contribution in [0.2, 0.25) is 0 Å². The first kappa shape index (κ1) is 13.4. The third kappa shape index (κ3) is 2.42. The zero-order valence-corrected chi connectivity index (χ0v) is 11.0. The number of rotatable bonds is 5. The van der Waals surface area contributed by atoms with E-state index in [4.69, 9.17) is 0 Å². The second-order valence-electron chi connectivity index (χ2n) is 4.49. The number of fused-ring (bicyclic) bond motifs is 1. The number of nitrogens with one attached hydrogen (secondary N) is 1. The fourth-order valence-corrected chi connectivity index (χ4v) is 2.10. The lowest BCUT2D eigenvalue weighted by Crippen LogP contribution is -2.43. The number of carbonyl (C=O) groups is 3. The summed E-state index contributed by atoms with van der Waals surface area (Å²) >= 11 is 0. The molecule has 0 aliphatic carbocycles. The Kier molecular flexibility index (Phi) is 3.76. The summed E-state index contributed by atoms with van der Waals surface area (Å²) in [5, 5.41) is 2.97. The number of nitrogens with zero attached hydrogens (tertiary/aromatic N) is 1. The third-order valence-electron chi connectivity index (χ3n) is 3.19. The number of hydrogen-bond acceptors (Lipinski definition) is 4. The molecule has 5 nitrogen and oxygen atoms in total. The van der Waals surface area contributed by atoms with Gasteiger partial charge in [0.15, 0.2) is 5.78 Å². The first-order valence-corrected chi connectivity index (χ1v) is 6.27. The maximum atomic E-state index is 12.1. The number of Topliss-reactive ketones (excluding diaryl/α,β-unsaturated/α-hetero) is 1. The minimum atomic E-state index is -0.391. The highest BCUT2D eigenvalue weighted by Gasteiger charge is 2.36. The van der Waals surface area contributed by atoms with Gasteiger partial charge in [-0.2, -0.15) is 0 Å². The molecule has 2 amide bonds. The number of ketones is 1. The number of imide groups is 1. The van der Waals surface area contributed by atoms with Crippen molar-refractivity contribution in [1.29, 1.82) is 0 Å². The standard InChI is InChI=1S/C14H16N2O3/c1-3-15-9(2)12(17)8-16-13(18)10-6-4-5-7-11(10)14(16)19/h4-7,9,15H,3,8H2,1-2H3/t9-/m0/s1. The largest absolute Gasteiger partial charge is 0.308 e. The SMILES string of the molecule is CCN[C@@H](C)C(=O)CN1C(=O)c2ccccc2C1=O. The Hall–Kier alpha value is -2.01. The van der Waals surface area contributed by atoms with Gasteiger partial charge in [0, 0.05) is 0 Å². The number of likely N-dealkylation sites (N-methyl/N-ethyl adjacent to an activating group) is 1. The van der Waals surface area contributed by atoms with Gasteiger partial charge >= 0.3 is 0 Å². The maximum absolute atomic E-state index is 12.1. The number of hydrogen-bond donors (Lipinski definition) is 1. The van der Waals surface area contributed by atoms with Crippen LogP contribution in [0.1, 0.15) is 34.6 Å². The van der Waals surface area contributed by atoms with Crippen LogP contribution < -0.4 is 5.32 Å². The Balaban J connectivity index is 2.14. The maximum Gasteiger partial charge on any atom is 0.261 e. The molecule has 0 saturated heterocycles. The summed E-state index contributed by atoms with van der Waals surface area (Å²) in [6.07, 6.45) is 0. The summed E-state index contributed by atoms with van der Waals surface area (Å²) in [6, 6.07) is 6.25. The monoisotopic (exact) mass is 260 g/mol. The summed E-state index contributed by atoms with van der Waals surface area (Å²) in [5.41, 5.74) is 0.743. The Morgan fingerprint density at radius 1 is 1.21 bits per heavy atom. The van der Waals surface area contributed by atoms with Crippen LogP contribution in [-0.2, 0) is 4.79 Å². The molecular weight excluding hydrogens is 244 g/mol. The zero-order valence-electron chi connectivity index (χ0n) is 11.0. The van der Waals surface area contributed by atoms with E-state index in [0.717, 1.165) is 4.90 Å². The van der Waals surface area contributed by atoms with Crippen LogP contribution >= 0.6 is 0 Å². The topological polar surface area (TPSA) is 66.5 Å². The third-order valence-corrected chi connectivity index (χ3v) is 3.19. The van der Waals surface area contributed by atoms with Crippen molar-refractivity contribution in [2.45, 2.75) is 19.9 Å². The first-order valence-electron chi connectivity index (χ1n) is 6.27. The minimum absolute atomic E-state index is 0.170. The summed E-state index contributed by atoms with van der Waals surface area (Å²) < 4.78 is 0. The second-order valence-corrected chi connectivity index (χ2v) is 4.49. The minimum Gasteiger partial charge on any atom is -0.308 e. The molecule has 1 aromatic carbocycles. The Morgan fingerprint density at radius 3 is 2.21 bits per heavy atom. The average molecular weight is 260 g/mol. The molecule has 2 rings (SSSR count). The van der Waals surface area contributed by atoms with E-state index in [9.17, 15) is 14.4 Å². The van der Waals surface area contributed by atoms with E-state index in [1.807, 2.05) is 6.92 Å². The Morgan fingerprint density at radius 2 is 1.74 bits per heavy atom. The molecule has 1 aliphatic rings. The van der Waals surface area contributed by atoms with Crippen LogP contribution in [0.25, 0.3) is 0 Å². The van der Waals surface area contributed by atoms with Gasteiger partial charge in [-0.3, -0.25) is 19.3 Å². The molecule has 0 bridgehead atoms. The van der Waals surface area contributed by atoms with Crippen LogP contribution in [-0.4, -0.2) is 41.6 Å². The molecule has 1 N–H and O–H groups in total. The zero-order chi connectivity index (χ0) is 14.0. The van der Waals surface area contributed by atoms with Crippen LogP contribution in [0.4, 0.5) is 0 Å². The van der Waals surface area contributed by atoms with Gasteiger partial charge in [-0.1, -0.05) is 19.1 Å². The van der Waals surface area contributed by atoms with E-state index in [0.29, 0.717) is 17.7 Å². The molecule has 0 aromatic heterocycles. The van der Waals surface area contributed by atoms with Crippen molar-refractivity contribution in [3.05, 3.63) is 35.4 Å². The first-order chi connectivity index (χ1) is 9.06. The van der Waals surface area contributed by atoms with Gasteiger partial charge in [0.25, 0.3) is 11.8 Å². The predicted octanol–water partition coefficient (Wildman–Crippen LogP) is 0.850. The van der Waals surface area contributed by atoms with E-state index in [1.165, 1.54) is 0 Å². The van der Waals surface area contributed by atoms with E-state index in [1.54, 1.807) is 31.2 Å². The van der Waals surface area contributed by atoms with Crippen LogP contribution in [0, 0.1) is 0 Å². The highest BCUT2D eigenvalue weighted by atomic mass is 16.2. The lowest BCUT2D eigenvalue weighted by atomic mass is 10.1. The van der Waals surface area contributed by atoms with Gasteiger partial charge in [0.2, 0.25) is 0 Å². The predicted molar refractivity (Wildman–Crippen MR) is 70.0 cm³/mol. The van der Waals surface area contributed by atoms with Gasteiger partial charge in [-0.05, 0) is 25.6 Å². The summed E-state index contributed by atoms with van der Waals surface area (Å²) in [4.78, 5) is 37.0. The van der Waals surface area contributed by atoms with Crippen LogP contribution in [0.15, 0.2) is 24.3 Å². The van der Waals surface area contributed by atoms with Gasteiger partial charge < -0.3 is 5.32 Å². The van der Waals surface area contributed by atoms with Gasteiger partial charge in [-0.15, -0.1) is 0 Å². The van der Waals surface area contributed by atoms with E-state index >= 15 is 0 Å². The summed E-state index contributed by atoms with van der Waals surface area (Å²) in [5.74, 6) is -0.952. The van der Waals surface area contributed by atoms with Crippen LogP contribution in [0.3, 0.4) is 0 Å². The number of carbonyl (C=O) groups excluding carboxylic acids is 3. The molecule has 5 heteroatoms. The quantitative estimate of drug-likeness (QED) is 0.797. The van der Waals surface area contributed by atoms with Crippen molar-refractivity contribution in [2.24, 2.45) is 0 Å². The van der Waals surface area contributed by atoms with Crippen molar-refractivity contribution in [1.82, 2.24) is 10.2 Å². The lowest BCUT2D eigenvalue weighted by Gasteiger charge is -2.16. The molecule has 0 saturated carbocycles. The molecule has 1 atom stereocenters. The summed E-state index contributed by atoms with van der Waals surface area (Å²) in [7, 11) is 0. The van der Waals surface area contributed by atoms with Crippen molar-refractivity contribution >= 4 is 17.6 Å². The molecule has 0 radical (unpaired) electrons. The average Bonchev–Trinajstić information content (AvgIpc) is 2.65. The number of amides is 2. The normalized spacial score (nSPS) is 15.6. The second kappa shape index (κ2) is 5.32. The van der Waals surface area contributed by atoms with Crippen molar-refractivity contribution in [2.75, 3.05) is 13.1 Å². The molecule has 1 aliphatic heterocycles. The molecule has 1 heterocycles. The van der Waals surface area contributed by atoms with Gasteiger partial charge in [0.1, 0.15) is 0 Å². The summed E-state index contributed by atoms with van der Waals surface area (Å²) in [6.45, 7) is 4.10. The highest BCUT2D eigenvalue weighted by molar-refractivity contribution is 6.22. The number of benzene rings is 1. The molecule has 0 spiro atoms. The molecule has 0 unspecified atom stereocenters. The fraction of sp³-hybridized carbons (Fsp3) is 0.357. The molecule has 1 aromatic rings. The highest BCUT2D eigenvalue weighted by Crippen LogP contribution is 2.22. The molecule has 0 fully saturated rings. The Bertz CT molecular complexity index is 504. The van der Waals surface area contributed by atoms with E-state index < -0.39 is 11.8 Å². The van der Waals surface area contributed by atoms with Gasteiger partial charge in [-0.25, -0.2) is 0 Å². The lowest BCUT2D eigenvalue weighted by molar-refractivity contribution is -0.121. The van der Waals surface area contributed by atoms with Crippen molar-refractivity contribution < 1.29 is 14.4 Å². The molecule has 19 heavy (non-hydrogen) atoms. The van der Waals surface area contributed by atoms with E-state index in [-0.39, 0.29) is 18.4 Å². The fourth-order valence-electron chi connectivity index (χ4n) is 2.10. The van der Waals surface area contributed by atoms with Crippen molar-refractivity contribution in [3.8, 4) is 0 Å². The van der Waals surface area contributed by atoms with Crippen molar-refractivity contribution in [3.63, 3.8) is 0 Å². The molecular formula is C14H16N2O3. The van der Waals surface area contributed by atoms with Crippen LogP contribution in [0.5, 0.6) is 0 Å². The smallest absolute Gasteiger partial charge is 0.261 e. The van der Waals surface area contributed by atoms with E-state index in [2.05, 4.69) is 5.32 Å². The molecule has 100 valence electrons. The van der Waals surface area contributed by atoms with Gasteiger partial charge in [0.05, 0.1) is 23.7 Å².